The van der Waals surface area contributed by atoms with Crippen LogP contribution in [0.2, 0.25) is 0 Å². The van der Waals surface area contributed by atoms with Crippen LogP contribution in [0.4, 0.5) is 4.79 Å². The molecular formula is C20H19Cl3N2O7. The number of benzene rings is 1. The first kappa shape index (κ1) is 24.2. The third-order valence-electron chi connectivity index (χ3n) is 4.40. The lowest BCUT2D eigenvalue weighted by atomic mass is 9.93. The van der Waals surface area contributed by atoms with Crippen LogP contribution >= 0.6 is 34.8 Å². The molecule has 0 radical (unpaired) electrons. The minimum atomic E-state index is -1.78. The van der Waals surface area contributed by atoms with Crippen LogP contribution in [0.15, 0.2) is 46.5 Å². The Morgan fingerprint density at radius 1 is 1.12 bits per heavy atom. The number of nitrogens with zero attached hydrogens (tertiary/aromatic N) is 2. The second-order valence-corrected chi connectivity index (χ2v) is 9.58. The third-order valence-corrected chi connectivity index (χ3v) is 4.73. The molecule has 0 aromatic heterocycles. The van der Waals surface area contributed by atoms with Gasteiger partial charge in [-0.3, -0.25) is 0 Å². The van der Waals surface area contributed by atoms with Crippen LogP contribution in [0.3, 0.4) is 0 Å². The summed E-state index contributed by atoms with van der Waals surface area (Å²) in [5.74, 6) is -0.647. The maximum Gasteiger partial charge on any atom is 0.508 e. The second-order valence-electron chi connectivity index (χ2n) is 7.07. The number of hydroxylamine groups is 1. The molecule has 32 heavy (non-hydrogen) atoms. The van der Waals surface area contributed by atoms with Gasteiger partial charge in [-0.1, -0.05) is 70.7 Å². The van der Waals surface area contributed by atoms with Crippen molar-refractivity contribution in [1.82, 2.24) is 0 Å². The molecule has 0 aliphatic carbocycles. The van der Waals surface area contributed by atoms with Crippen molar-refractivity contribution in [2.75, 3.05) is 13.2 Å². The van der Waals surface area contributed by atoms with E-state index in [1.807, 2.05) is 30.3 Å². The average Bonchev–Trinajstić information content (AvgIpc) is 3.12. The number of allylic oxidation sites excluding steroid dienone is 1. The van der Waals surface area contributed by atoms with E-state index in [2.05, 4.69) is 9.73 Å². The first-order chi connectivity index (χ1) is 15.1. The van der Waals surface area contributed by atoms with Crippen molar-refractivity contribution >= 4 is 58.5 Å². The van der Waals surface area contributed by atoms with Crippen molar-refractivity contribution in [3.63, 3.8) is 0 Å². The lowest BCUT2D eigenvalue weighted by Gasteiger charge is -2.29. The molecule has 9 nitrogen and oxygen atoms in total. The molecule has 0 amide bonds. The van der Waals surface area contributed by atoms with E-state index in [4.69, 9.17) is 49.0 Å². The van der Waals surface area contributed by atoms with E-state index >= 15 is 0 Å². The number of ether oxygens (including phenoxy) is 4. The summed E-state index contributed by atoms with van der Waals surface area (Å²) >= 11 is 16.5. The second kappa shape index (κ2) is 9.97. The van der Waals surface area contributed by atoms with Crippen molar-refractivity contribution < 1.29 is 33.3 Å². The number of carbonyl (C=O) groups excluding carboxylic acids is 2. The Morgan fingerprint density at radius 3 is 2.44 bits per heavy atom. The van der Waals surface area contributed by atoms with E-state index in [-0.39, 0.29) is 23.8 Å². The van der Waals surface area contributed by atoms with E-state index in [1.54, 1.807) is 13.8 Å². The monoisotopic (exact) mass is 504 g/mol. The van der Waals surface area contributed by atoms with Crippen molar-refractivity contribution in [1.29, 1.82) is 0 Å². The van der Waals surface area contributed by atoms with Gasteiger partial charge in [0.1, 0.15) is 18.8 Å². The molecule has 0 fully saturated rings. The molecule has 0 N–H and O–H groups in total. The summed E-state index contributed by atoms with van der Waals surface area (Å²) in [6, 6.07) is 8.43. The lowest BCUT2D eigenvalue weighted by Crippen LogP contribution is -2.54. The molecule has 1 aromatic rings. The fourth-order valence-electron chi connectivity index (χ4n) is 3.00. The predicted molar refractivity (Wildman–Crippen MR) is 117 cm³/mol. The molecule has 12 heteroatoms. The number of rotatable bonds is 7. The summed E-state index contributed by atoms with van der Waals surface area (Å²) in [5, 5.41) is 12.5. The molecule has 0 spiro atoms. The van der Waals surface area contributed by atoms with E-state index in [9.17, 15) is 14.8 Å². The highest BCUT2D eigenvalue weighted by atomic mass is 35.6. The number of carbonyl (C=O) groups is 2. The largest absolute Gasteiger partial charge is 0.621 e. The summed E-state index contributed by atoms with van der Waals surface area (Å²) in [6.45, 7) is 2.55. The highest BCUT2D eigenvalue weighted by Gasteiger charge is 2.56. The van der Waals surface area contributed by atoms with E-state index in [1.165, 1.54) is 0 Å². The molecule has 3 rings (SSSR count). The number of hydrogen-bond acceptors (Lipinski definition) is 8. The number of halogens is 3. The standard InChI is InChI=1S/C20H19Cl3N2O7/c1-11(2)14(18(26)29-8-12-6-4-3-5-7-12)16-15-17(25(16)28)32-13(24-15)9-30-19(27)31-10-20(21,22)23/h3-7,15,17H,8-10H2,1-2H3. The zero-order valence-electron chi connectivity index (χ0n) is 17.0. The van der Waals surface area contributed by atoms with Gasteiger partial charge in [0.15, 0.2) is 6.61 Å². The molecule has 2 heterocycles. The normalized spacial score (nSPS) is 19.2. The molecule has 2 unspecified atom stereocenters. The fraction of sp³-hybridized carbons (Fsp3) is 0.400. The van der Waals surface area contributed by atoms with Gasteiger partial charge < -0.3 is 24.2 Å². The smallest absolute Gasteiger partial charge is 0.508 e. The molecule has 0 saturated heterocycles. The molecule has 172 valence electrons. The maximum absolute atomic E-state index is 12.7. The highest BCUT2D eigenvalue weighted by Crippen LogP contribution is 2.30. The van der Waals surface area contributed by atoms with Crippen LogP contribution in [-0.4, -0.2) is 57.7 Å². The highest BCUT2D eigenvalue weighted by molar-refractivity contribution is 6.67. The van der Waals surface area contributed by atoms with Gasteiger partial charge >= 0.3 is 18.4 Å². The van der Waals surface area contributed by atoms with Gasteiger partial charge in [0.05, 0.1) is 0 Å². The Hall–Kier alpha value is -2.49. The molecule has 2 aliphatic rings. The van der Waals surface area contributed by atoms with Crippen LogP contribution in [0.1, 0.15) is 19.4 Å². The molecule has 2 aliphatic heterocycles. The van der Waals surface area contributed by atoms with Gasteiger partial charge in [-0.05, 0) is 19.4 Å². The fourth-order valence-corrected chi connectivity index (χ4v) is 3.17. The van der Waals surface area contributed by atoms with Crippen molar-refractivity contribution in [3.8, 4) is 0 Å². The Labute approximate surface area is 198 Å². The minimum absolute atomic E-state index is 0.00700. The molecular weight excluding hydrogens is 487 g/mol. The van der Waals surface area contributed by atoms with Gasteiger partial charge in [0.2, 0.25) is 21.4 Å². The zero-order chi connectivity index (χ0) is 23.5. The SMILES string of the molecule is CC(C)=C(C(=O)OCc1ccccc1)C1=[N+]([O-])C2OC(COC(=O)OCC(Cl)(Cl)Cl)=NC12. The zero-order valence-corrected chi connectivity index (χ0v) is 19.3. The number of alkyl halides is 3. The summed E-state index contributed by atoms with van der Waals surface area (Å²) in [5.41, 5.74) is 1.66. The predicted octanol–water partition coefficient (Wildman–Crippen LogP) is 3.68. The summed E-state index contributed by atoms with van der Waals surface area (Å²) in [6.07, 6.45) is -2.06. The van der Waals surface area contributed by atoms with Gasteiger partial charge in [0, 0.05) is 0 Å². The maximum atomic E-state index is 12.7. The first-order valence-corrected chi connectivity index (χ1v) is 10.5. The summed E-state index contributed by atoms with van der Waals surface area (Å²) in [7, 11) is 0. The number of fused-ring (bicyclic) bond motifs is 1. The van der Waals surface area contributed by atoms with Crippen molar-refractivity contribution in [2.45, 2.75) is 36.5 Å². The quantitative estimate of drug-likeness (QED) is 0.183. The minimum Gasteiger partial charge on any atom is -0.621 e. The number of esters is 1. The molecule has 2 atom stereocenters. The van der Waals surface area contributed by atoms with Crippen LogP contribution in [0.5, 0.6) is 0 Å². The summed E-state index contributed by atoms with van der Waals surface area (Å²) < 4.78 is 19.0. The average molecular weight is 506 g/mol. The van der Waals surface area contributed by atoms with Crippen LogP contribution in [-0.2, 0) is 30.3 Å². The van der Waals surface area contributed by atoms with Crippen LogP contribution in [0, 0.1) is 5.21 Å². The molecule has 1 aromatic carbocycles. The Kier molecular flexibility index (Phi) is 7.53. The van der Waals surface area contributed by atoms with Gasteiger partial charge in [-0.25, -0.2) is 14.6 Å². The first-order valence-electron chi connectivity index (χ1n) is 9.38. The van der Waals surface area contributed by atoms with Crippen molar-refractivity contribution in [2.24, 2.45) is 4.99 Å². The number of aliphatic imine (C=N–C) groups is 1. The number of hydrogen-bond donors (Lipinski definition) is 0. The van der Waals surface area contributed by atoms with E-state index in [0.29, 0.717) is 10.3 Å². The molecule has 0 saturated carbocycles. The summed E-state index contributed by atoms with van der Waals surface area (Å²) in [4.78, 5) is 28.5. The van der Waals surface area contributed by atoms with Gasteiger partial charge in [0.25, 0.3) is 0 Å². The third kappa shape index (κ3) is 5.85. The Bertz CT molecular complexity index is 983. The van der Waals surface area contributed by atoms with Crippen molar-refractivity contribution in [3.05, 3.63) is 52.2 Å². The lowest BCUT2D eigenvalue weighted by molar-refractivity contribution is -0.573. The molecule has 0 bridgehead atoms. The van der Waals surface area contributed by atoms with Gasteiger partial charge in [-0.2, -0.15) is 4.74 Å². The van der Waals surface area contributed by atoms with Gasteiger partial charge in [-0.15, -0.1) is 0 Å². The van der Waals surface area contributed by atoms with E-state index < -0.39 is 41.4 Å². The Balaban J connectivity index is 1.61. The van der Waals surface area contributed by atoms with Crippen LogP contribution in [0.25, 0.3) is 0 Å². The Morgan fingerprint density at radius 2 is 1.81 bits per heavy atom. The van der Waals surface area contributed by atoms with Crippen LogP contribution < -0.4 is 0 Å². The topological polar surface area (TPSA) is 109 Å². The van der Waals surface area contributed by atoms with E-state index in [0.717, 1.165) is 5.56 Å².